The standard InChI is InChI=1S/C16H30O2S2/c1-14(20-19-13-7-12-17)9-10-15(18)8-5-6-11-16(2,3)4/h12,14H,5-11,13H2,1-4H3/i12D. The van der Waals surface area contributed by atoms with Crippen LogP contribution in [-0.2, 0) is 9.59 Å². The number of ketones is 1. The molecule has 0 amide bonds. The summed E-state index contributed by atoms with van der Waals surface area (Å²) in [5.41, 5.74) is 0.367. The molecule has 20 heavy (non-hydrogen) atoms. The molecule has 0 fully saturated rings. The smallest absolute Gasteiger partial charge is 0.132 e. The fourth-order valence-electron chi connectivity index (χ4n) is 1.76. The molecular weight excluding hydrogens is 288 g/mol. The molecule has 0 spiro atoms. The summed E-state index contributed by atoms with van der Waals surface area (Å²) in [4.78, 5) is 22.3. The maximum absolute atomic E-state index is 11.8. The lowest BCUT2D eigenvalue weighted by Crippen LogP contribution is -2.06. The summed E-state index contributed by atoms with van der Waals surface area (Å²) in [5.74, 6) is 1.07. The van der Waals surface area contributed by atoms with Gasteiger partial charge in [0, 0.05) is 30.3 Å². The lowest BCUT2D eigenvalue weighted by molar-refractivity contribution is -0.119. The van der Waals surface area contributed by atoms with Crippen molar-refractivity contribution >= 4 is 33.6 Å². The molecule has 0 aliphatic rings. The van der Waals surface area contributed by atoms with E-state index in [9.17, 15) is 9.59 Å². The third-order valence-electron chi connectivity index (χ3n) is 2.98. The summed E-state index contributed by atoms with van der Waals surface area (Å²) < 4.78 is 6.81. The summed E-state index contributed by atoms with van der Waals surface area (Å²) in [6, 6.07) is 0. The Morgan fingerprint density at radius 1 is 1.30 bits per heavy atom. The van der Waals surface area contributed by atoms with Crippen molar-refractivity contribution in [2.45, 2.75) is 77.9 Å². The molecule has 0 aliphatic carbocycles. The normalized spacial score (nSPS) is 13.9. The highest BCUT2D eigenvalue weighted by atomic mass is 33.1. The largest absolute Gasteiger partial charge is 0.303 e. The van der Waals surface area contributed by atoms with Gasteiger partial charge in [0.1, 0.15) is 13.4 Å². The van der Waals surface area contributed by atoms with E-state index in [-0.39, 0.29) is 0 Å². The van der Waals surface area contributed by atoms with Crippen LogP contribution in [0.3, 0.4) is 0 Å². The minimum atomic E-state index is -0.499. The van der Waals surface area contributed by atoms with E-state index in [2.05, 4.69) is 27.7 Å². The predicted octanol–water partition coefficient (Wildman–Crippen LogP) is 5.30. The van der Waals surface area contributed by atoms with E-state index in [0.29, 0.717) is 41.5 Å². The number of rotatable bonds is 12. The van der Waals surface area contributed by atoms with Gasteiger partial charge in [-0.15, -0.1) is 0 Å². The van der Waals surface area contributed by atoms with E-state index >= 15 is 0 Å². The summed E-state index contributed by atoms with van der Waals surface area (Å²) >= 11 is 0. The van der Waals surface area contributed by atoms with Crippen molar-refractivity contribution in [3.8, 4) is 0 Å². The zero-order chi connectivity index (χ0) is 16.3. The number of carbonyl (C=O) groups is 2. The lowest BCUT2D eigenvalue weighted by Gasteiger charge is -2.17. The van der Waals surface area contributed by atoms with Gasteiger partial charge in [0.25, 0.3) is 0 Å². The molecule has 0 radical (unpaired) electrons. The van der Waals surface area contributed by atoms with Crippen LogP contribution in [0, 0.1) is 5.41 Å². The number of carbonyl (C=O) groups excluding carboxylic acids is 2. The van der Waals surface area contributed by atoms with Crippen molar-refractivity contribution in [3.63, 3.8) is 0 Å². The van der Waals surface area contributed by atoms with Crippen LogP contribution < -0.4 is 0 Å². The molecule has 0 aromatic heterocycles. The van der Waals surface area contributed by atoms with Crippen molar-refractivity contribution in [1.82, 2.24) is 0 Å². The first-order valence-corrected chi connectivity index (χ1v) is 9.88. The van der Waals surface area contributed by atoms with Gasteiger partial charge in [-0.3, -0.25) is 4.79 Å². The van der Waals surface area contributed by atoms with Gasteiger partial charge >= 0.3 is 0 Å². The van der Waals surface area contributed by atoms with Crippen LogP contribution in [-0.4, -0.2) is 23.0 Å². The van der Waals surface area contributed by atoms with Crippen molar-refractivity contribution in [2.24, 2.45) is 5.41 Å². The van der Waals surface area contributed by atoms with E-state index in [1.54, 1.807) is 21.6 Å². The van der Waals surface area contributed by atoms with Gasteiger partial charge in [-0.1, -0.05) is 55.7 Å². The average Bonchev–Trinajstić information content (AvgIpc) is 2.36. The lowest BCUT2D eigenvalue weighted by atomic mass is 9.89. The maximum atomic E-state index is 11.8. The first-order valence-electron chi connectivity index (χ1n) is 8.00. The number of aldehydes is 1. The van der Waals surface area contributed by atoms with Gasteiger partial charge in [0.15, 0.2) is 0 Å². The van der Waals surface area contributed by atoms with Gasteiger partial charge in [-0.05, 0) is 24.7 Å². The third kappa shape index (κ3) is 14.4. The molecule has 1 atom stereocenters. The molecule has 0 saturated carbocycles. The highest BCUT2D eigenvalue weighted by Crippen LogP contribution is 2.29. The second-order valence-corrected chi connectivity index (χ2v) is 9.39. The van der Waals surface area contributed by atoms with Gasteiger partial charge in [0.05, 0.1) is 0 Å². The van der Waals surface area contributed by atoms with Gasteiger partial charge in [0.2, 0.25) is 0 Å². The zero-order valence-corrected chi connectivity index (χ0v) is 15.0. The molecule has 2 nitrogen and oxygen atoms in total. The molecule has 0 heterocycles. The Bertz CT molecular complexity index is 314. The zero-order valence-electron chi connectivity index (χ0n) is 14.4. The summed E-state index contributed by atoms with van der Waals surface area (Å²) in [5, 5.41) is 0.425. The second-order valence-electron chi connectivity index (χ2n) is 6.47. The molecule has 0 rings (SSSR count). The van der Waals surface area contributed by atoms with E-state index in [1.165, 1.54) is 6.42 Å². The number of hydrogen-bond acceptors (Lipinski definition) is 4. The Labute approximate surface area is 134 Å². The Kier molecular flexibility index (Phi) is 10.6. The highest BCUT2D eigenvalue weighted by molar-refractivity contribution is 8.76. The Morgan fingerprint density at radius 2 is 2.00 bits per heavy atom. The van der Waals surface area contributed by atoms with Crippen LogP contribution >= 0.6 is 21.6 Å². The fourth-order valence-corrected chi connectivity index (χ4v) is 4.00. The van der Waals surface area contributed by atoms with Crippen LogP contribution in [0.2, 0.25) is 0 Å². The van der Waals surface area contributed by atoms with E-state index in [4.69, 9.17) is 1.37 Å². The van der Waals surface area contributed by atoms with E-state index < -0.39 is 6.26 Å². The van der Waals surface area contributed by atoms with Crippen molar-refractivity contribution in [3.05, 3.63) is 0 Å². The topological polar surface area (TPSA) is 34.1 Å². The van der Waals surface area contributed by atoms with Gasteiger partial charge in [-0.2, -0.15) is 0 Å². The first kappa shape index (κ1) is 18.1. The molecule has 0 bridgehead atoms. The quantitative estimate of drug-likeness (QED) is 0.278. The second kappa shape index (κ2) is 11.7. The molecule has 4 heteroatoms. The Hall–Kier alpha value is 0.0400. The van der Waals surface area contributed by atoms with Crippen LogP contribution in [0.5, 0.6) is 0 Å². The SMILES string of the molecule is [2H]C(=O)CCSSC(C)CCC(=O)CCCCC(C)(C)C. The van der Waals surface area contributed by atoms with Crippen molar-refractivity contribution < 1.29 is 11.0 Å². The minimum Gasteiger partial charge on any atom is -0.303 e. The van der Waals surface area contributed by atoms with E-state index in [0.717, 1.165) is 19.3 Å². The van der Waals surface area contributed by atoms with Gasteiger partial charge < -0.3 is 4.79 Å². The summed E-state index contributed by atoms with van der Waals surface area (Å²) in [6.07, 6.45) is 5.44. The van der Waals surface area contributed by atoms with Crippen molar-refractivity contribution in [1.29, 1.82) is 0 Å². The summed E-state index contributed by atoms with van der Waals surface area (Å²) in [6.45, 7) is 8.83. The molecular formula is C16H30O2S2. The van der Waals surface area contributed by atoms with Crippen molar-refractivity contribution in [2.75, 3.05) is 5.75 Å². The van der Waals surface area contributed by atoms with Crippen LogP contribution in [0.4, 0.5) is 0 Å². The van der Waals surface area contributed by atoms with Crippen LogP contribution in [0.15, 0.2) is 0 Å². The fraction of sp³-hybridized carbons (Fsp3) is 0.875. The molecule has 118 valence electrons. The van der Waals surface area contributed by atoms with E-state index in [1.807, 2.05) is 0 Å². The van der Waals surface area contributed by atoms with Crippen LogP contribution in [0.25, 0.3) is 0 Å². The van der Waals surface area contributed by atoms with Crippen LogP contribution in [0.1, 0.15) is 74.0 Å². The third-order valence-corrected chi connectivity index (χ3v) is 5.95. The average molecular weight is 320 g/mol. The number of hydrogen-bond donors (Lipinski definition) is 0. The monoisotopic (exact) mass is 319 g/mol. The molecule has 0 saturated heterocycles. The predicted molar refractivity (Wildman–Crippen MR) is 92.4 cm³/mol. The Morgan fingerprint density at radius 3 is 2.60 bits per heavy atom. The molecule has 0 aromatic rings. The Balaban J connectivity index is 3.52. The number of unbranched alkanes of at least 4 members (excludes halogenated alkanes) is 1. The summed E-state index contributed by atoms with van der Waals surface area (Å²) in [7, 11) is 3.35. The molecule has 0 N–H and O–H groups in total. The first-order chi connectivity index (χ1) is 9.70. The van der Waals surface area contributed by atoms with Gasteiger partial charge in [-0.25, -0.2) is 0 Å². The highest BCUT2D eigenvalue weighted by Gasteiger charge is 2.11. The molecule has 0 aromatic carbocycles. The molecule has 1 unspecified atom stereocenters. The molecule has 0 aliphatic heterocycles. The number of Topliss-reactive ketones (excluding diaryl/α,β-unsaturated/α-hetero) is 1. The maximum Gasteiger partial charge on any atom is 0.132 e. The minimum absolute atomic E-state index is 0.317.